The topological polar surface area (TPSA) is 37.3 Å². The molecule has 6 rings (SSSR count). The van der Waals surface area contributed by atoms with Crippen molar-refractivity contribution in [2.45, 2.75) is 57.8 Å². The molecule has 0 heterocycles. The number of phenolic OH excluding ortho intramolecular Hbond substituents is 1. The zero-order chi connectivity index (χ0) is 15.6. The monoisotopic (exact) mass is 310 g/mol. The van der Waals surface area contributed by atoms with E-state index in [0.717, 1.165) is 48.1 Å². The standard InChI is InChI=1S/C21H26O2/c22-17-4-5-18-16(9-17)2-1-3-19(20(18)23)21-10-13-6-14(11-21)8-15(7-13)12-21/h4-5,9,13-15,19,22H,1-3,6-8,10-12H2. The second-order valence-electron chi connectivity index (χ2n) is 8.93. The lowest BCUT2D eigenvalue weighted by molar-refractivity contribution is -0.0797. The van der Waals surface area contributed by atoms with Gasteiger partial charge in [0.2, 0.25) is 0 Å². The van der Waals surface area contributed by atoms with Crippen molar-refractivity contribution in [3.05, 3.63) is 29.3 Å². The van der Waals surface area contributed by atoms with E-state index in [0.29, 0.717) is 16.9 Å². The van der Waals surface area contributed by atoms with Crippen LogP contribution in [0.25, 0.3) is 0 Å². The highest BCUT2D eigenvalue weighted by Gasteiger charge is 2.55. The van der Waals surface area contributed by atoms with Crippen LogP contribution < -0.4 is 0 Å². The molecule has 1 atom stereocenters. The molecule has 4 bridgehead atoms. The minimum Gasteiger partial charge on any atom is -0.508 e. The maximum Gasteiger partial charge on any atom is 0.166 e. The van der Waals surface area contributed by atoms with Crippen LogP contribution in [-0.2, 0) is 6.42 Å². The third-order valence-corrected chi connectivity index (χ3v) is 7.43. The summed E-state index contributed by atoms with van der Waals surface area (Å²) >= 11 is 0. The molecular formula is C21H26O2. The van der Waals surface area contributed by atoms with Crippen molar-refractivity contribution in [3.8, 4) is 5.75 Å². The van der Waals surface area contributed by atoms with E-state index in [2.05, 4.69) is 0 Å². The molecule has 5 aliphatic carbocycles. The van der Waals surface area contributed by atoms with E-state index in [1.165, 1.54) is 38.5 Å². The molecule has 0 radical (unpaired) electrons. The molecule has 2 nitrogen and oxygen atoms in total. The van der Waals surface area contributed by atoms with Crippen molar-refractivity contribution in [2.75, 3.05) is 0 Å². The van der Waals surface area contributed by atoms with E-state index in [1.807, 2.05) is 12.1 Å². The van der Waals surface area contributed by atoms with Gasteiger partial charge in [0, 0.05) is 11.5 Å². The highest BCUT2D eigenvalue weighted by molar-refractivity contribution is 6.00. The van der Waals surface area contributed by atoms with Gasteiger partial charge in [-0.1, -0.05) is 0 Å². The quantitative estimate of drug-likeness (QED) is 0.760. The van der Waals surface area contributed by atoms with Gasteiger partial charge in [-0.3, -0.25) is 4.79 Å². The average Bonchev–Trinajstić information content (AvgIpc) is 2.65. The van der Waals surface area contributed by atoms with Crippen LogP contribution in [0.3, 0.4) is 0 Å². The van der Waals surface area contributed by atoms with Crippen LogP contribution in [0.4, 0.5) is 0 Å². The Kier molecular flexibility index (Phi) is 2.96. The van der Waals surface area contributed by atoms with Crippen molar-refractivity contribution in [1.29, 1.82) is 0 Å². The molecule has 2 heteroatoms. The molecule has 4 fully saturated rings. The van der Waals surface area contributed by atoms with Gasteiger partial charge in [-0.05, 0) is 105 Å². The Morgan fingerprint density at radius 3 is 2.30 bits per heavy atom. The number of rotatable bonds is 1. The zero-order valence-corrected chi connectivity index (χ0v) is 13.8. The Bertz CT molecular complexity index is 625. The molecule has 0 saturated heterocycles. The molecule has 0 amide bonds. The number of Topliss-reactive ketones (excluding diaryl/α,β-unsaturated/α-hetero) is 1. The van der Waals surface area contributed by atoms with Crippen molar-refractivity contribution in [2.24, 2.45) is 29.1 Å². The third kappa shape index (κ3) is 2.10. The van der Waals surface area contributed by atoms with Crippen LogP contribution in [0.15, 0.2) is 18.2 Å². The first kappa shape index (κ1) is 14.1. The van der Waals surface area contributed by atoms with E-state index in [4.69, 9.17) is 0 Å². The summed E-state index contributed by atoms with van der Waals surface area (Å²) in [6.45, 7) is 0. The smallest absolute Gasteiger partial charge is 0.166 e. The van der Waals surface area contributed by atoms with Gasteiger partial charge < -0.3 is 5.11 Å². The van der Waals surface area contributed by atoms with Gasteiger partial charge >= 0.3 is 0 Å². The summed E-state index contributed by atoms with van der Waals surface area (Å²) < 4.78 is 0. The first-order valence-corrected chi connectivity index (χ1v) is 9.49. The van der Waals surface area contributed by atoms with Crippen LogP contribution in [0.5, 0.6) is 5.75 Å². The minimum absolute atomic E-state index is 0.238. The largest absolute Gasteiger partial charge is 0.508 e. The summed E-state index contributed by atoms with van der Waals surface area (Å²) in [5.74, 6) is 3.62. The predicted octanol–water partition coefficient (Wildman–Crippen LogP) is 4.74. The first-order valence-electron chi connectivity index (χ1n) is 9.49. The number of fused-ring (bicyclic) bond motifs is 1. The van der Waals surface area contributed by atoms with Crippen LogP contribution >= 0.6 is 0 Å². The maximum absolute atomic E-state index is 13.4. The van der Waals surface area contributed by atoms with Gasteiger partial charge in [-0.2, -0.15) is 0 Å². The Morgan fingerprint density at radius 2 is 1.65 bits per heavy atom. The summed E-state index contributed by atoms with van der Waals surface area (Å²) in [6.07, 6.45) is 11.3. The number of phenols is 1. The summed E-state index contributed by atoms with van der Waals surface area (Å²) in [7, 11) is 0. The molecule has 122 valence electrons. The van der Waals surface area contributed by atoms with Gasteiger partial charge in [-0.15, -0.1) is 0 Å². The number of benzene rings is 1. The molecule has 1 unspecified atom stereocenters. The molecule has 0 aromatic heterocycles. The van der Waals surface area contributed by atoms with E-state index in [9.17, 15) is 9.90 Å². The number of aromatic hydroxyl groups is 1. The number of hydrogen-bond donors (Lipinski definition) is 1. The van der Waals surface area contributed by atoms with Gasteiger partial charge in [0.05, 0.1) is 0 Å². The summed E-state index contributed by atoms with van der Waals surface area (Å²) in [5.41, 5.74) is 2.29. The highest BCUT2D eigenvalue weighted by Crippen LogP contribution is 2.64. The number of hydrogen-bond acceptors (Lipinski definition) is 2. The Balaban J connectivity index is 1.53. The van der Waals surface area contributed by atoms with Gasteiger partial charge in [0.1, 0.15) is 5.75 Å². The fourth-order valence-electron chi connectivity index (χ4n) is 7.03. The molecule has 0 aliphatic heterocycles. The van der Waals surface area contributed by atoms with Crippen LogP contribution in [-0.4, -0.2) is 10.9 Å². The molecule has 1 aromatic rings. The van der Waals surface area contributed by atoms with Crippen molar-refractivity contribution < 1.29 is 9.90 Å². The summed E-state index contributed by atoms with van der Waals surface area (Å²) in [6, 6.07) is 5.39. The van der Waals surface area contributed by atoms with Gasteiger partial charge in [-0.25, -0.2) is 0 Å². The van der Waals surface area contributed by atoms with Gasteiger partial charge in [0.15, 0.2) is 5.78 Å². The van der Waals surface area contributed by atoms with Gasteiger partial charge in [0.25, 0.3) is 0 Å². The molecule has 0 spiro atoms. The molecule has 4 saturated carbocycles. The summed E-state index contributed by atoms with van der Waals surface area (Å²) in [5, 5.41) is 9.75. The normalized spacial score (nSPS) is 41.7. The lowest BCUT2D eigenvalue weighted by Crippen LogP contribution is -2.51. The van der Waals surface area contributed by atoms with Crippen LogP contribution in [0.1, 0.15) is 67.3 Å². The highest BCUT2D eigenvalue weighted by atomic mass is 16.3. The number of carbonyl (C=O) groups is 1. The second kappa shape index (κ2) is 4.84. The maximum atomic E-state index is 13.4. The summed E-state index contributed by atoms with van der Waals surface area (Å²) in [4.78, 5) is 13.4. The number of carbonyl (C=O) groups excluding carboxylic acids is 1. The Labute approximate surface area is 138 Å². The minimum atomic E-state index is 0.238. The van der Waals surface area contributed by atoms with E-state index < -0.39 is 0 Å². The van der Waals surface area contributed by atoms with E-state index in [1.54, 1.807) is 6.07 Å². The molecule has 1 N–H and O–H groups in total. The van der Waals surface area contributed by atoms with E-state index in [-0.39, 0.29) is 5.92 Å². The molecule has 23 heavy (non-hydrogen) atoms. The number of ketones is 1. The fourth-order valence-corrected chi connectivity index (χ4v) is 7.03. The molecular weight excluding hydrogens is 284 g/mol. The Hall–Kier alpha value is -1.31. The number of aryl methyl sites for hydroxylation is 1. The first-order chi connectivity index (χ1) is 11.1. The van der Waals surface area contributed by atoms with Crippen molar-refractivity contribution >= 4 is 5.78 Å². The van der Waals surface area contributed by atoms with Crippen molar-refractivity contribution in [3.63, 3.8) is 0 Å². The Morgan fingerprint density at radius 1 is 1.00 bits per heavy atom. The molecule has 5 aliphatic rings. The van der Waals surface area contributed by atoms with Crippen molar-refractivity contribution in [1.82, 2.24) is 0 Å². The fraction of sp³-hybridized carbons (Fsp3) is 0.667. The lowest BCUT2D eigenvalue weighted by atomic mass is 9.45. The lowest BCUT2D eigenvalue weighted by Gasteiger charge is -2.59. The van der Waals surface area contributed by atoms with Crippen LogP contribution in [0, 0.1) is 29.1 Å². The van der Waals surface area contributed by atoms with Crippen LogP contribution in [0.2, 0.25) is 0 Å². The SMILES string of the molecule is O=C1c2ccc(O)cc2CCCC1C12CC3CC(CC(C3)C1)C2. The second-order valence-corrected chi connectivity index (χ2v) is 8.93. The third-order valence-electron chi connectivity index (χ3n) is 7.43. The predicted molar refractivity (Wildman–Crippen MR) is 89.5 cm³/mol. The zero-order valence-electron chi connectivity index (χ0n) is 13.8. The van der Waals surface area contributed by atoms with E-state index >= 15 is 0 Å². The average molecular weight is 310 g/mol. The molecule has 1 aromatic carbocycles.